The van der Waals surface area contributed by atoms with Crippen LogP contribution in [0.2, 0.25) is 0 Å². The minimum atomic E-state index is 0.133. The SMILES string of the molecule is CC1CCC(N2CCN(CCOCCO)CC2)CC1. The Morgan fingerprint density at radius 2 is 1.68 bits per heavy atom. The zero-order valence-corrected chi connectivity index (χ0v) is 12.4. The van der Waals surface area contributed by atoms with Crippen LogP contribution in [0.25, 0.3) is 0 Å². The van der Waals surface area contributed by atoms with Gasteiger partial charge in [-0.05, 0) is 31.6 Å². The molecule has 0 amide bonds. The van der Waals surface area contributed by atoms with Gasteiger partial charge in [-0.15, -0.1) is 0 Å². The molecule has 1 saturated carbocycles. The summed E-state index contributed by atoms with van der Waals surface area (Å²) in [5, 5.41) is 8.66. The molecule has 0 aromatic carbocycles. The van der Waals surface area contributed by atoms with E-state index in [2.05, 4.69) is 16.7 Å². The van der Waals surface area contributed by atoms with Crippen LogP contribution in [0.15, 0.2) is 0 Å². The molecular formula is C15H30N2O2. The molecule has 2 rings (SSSR count). The van der Waals surface area contributed by atoms with E-state index in [1.54, 1.807) is 0 Å². The van der Waals surface area contributed by atoms with E-state index in [0.29, 0.717) is 6.61 Å². The molecule has 0 unspecified atom stereocenters. The zero-order valence-electron chi connectivity index (χ0n) is 12.4. The van der Waals surface area contributed by atoms with Crippen LogP contribution < -0.4 is 0 Å². The number of ether oxygens (including phenoxy) is 1. The number of aliphatic hydroxyl groups is 1. The Labute approximate surface area is 117 Å². The first kappa shape index (κ1) is 15.2. The van der Waals surface area contributed by atoms with E-state index in [4.69, 9.17) is 9.84 Å². The lowest BCUT2D eigenvalue weighted by atomic mass is 9.86. The van der Waals surface area contributed by atoms with Gasteiger partial charge in [0.15, 0.2) is 0 Å². The first-order chi connectivity index (χ1) is 9.29. The fourth-order valence-corrected chi connectivity index (χ4v) is 3.32. The molecule has 0 atom stereocenters. The fourth-order valence-electron chi connectivity index (χ4n) is 3.32. The average molecular weight is 270 g/mol. The highest BCUT2D eigenvalue weighted by Crippen LogP contribution is 2.27. The van der Waals surface area contributed by atoms with Crippen molar-refractivity contribution in [1.29, 1.82) is 0 Å². The van der Waals surface area contributed by atoms with Crippen LogP contribution in [0.1, 0.15) is 32.6 Å². The average Bonchev–Trinajstić information content (AvgIpc) is 2.45. The summed E-state index contributed by atoms with van der Waals surface area (Å²) >= 11 is 0. The molecule has 2 fully saturated rings. The van der Waals surface area contributed by atoms with E-state index < -0.39 is 0 Å². The normalized spacial score (nSPS) is 30.6. The molecule has 1 N–H and O–H groups in total. The van der Waals surface area contributed by atoms with Crippen molar-refractivity contribution >= 4 is 0 Å². The van der Waals surface area contributed by atoms with Gasteiger partial charge in [-0.3, -0.25) is 9.80 Å². The highest BCUT2D eigenvalue weighted by Gasteiger charge is 2.26. The van der Waals surface area contributed by atoms with Crippen LogP contribution in [0.5, 0.6) is 0 Å². The maximum atomic E-state index is 8.66. The minimum Gasteiger partial charge on any atom is -0.394 e. The summed E-state index contributed by atoms with van der Waals surface area (Å²) < 4.78 is 5.34. The number of hydrogen-bond donors (Lipinski definition) is 1. The Morgan fingerprint density at radius 1 is 1.00 bits per heavy atom. The highest BCUT2D eigenvalue weighted by atomic mass is 16.5. The summed E-state index contributed by atoms with van der Waals surface area (Å²) in [7, 11) is 0. The third-order valence-corrected chi connectivity index (χ3v) is 4.70. The Balaban J connectivity index is 1.59. The van der Waals surface area contributed by atoms with Crippen LogP contribution in [0.3, 0.4) is 0 Å². The molecule has 2 aliphatic rings. The zero-order chi connectivity index (χ0) is 13.5. The van der Waals surface area contributed by atoms with Crippen molar-refractivity contribution < 1.29 is 9.84 Å². The largest absolute Gasteiger partial charge is 0.394 e. The molecule has 4 heteroatoms. The van der Waals surface area contributed by atoms with Crippen molar-refractivity contribution in [1.82, 2.24) is 9.80 Å². The van der Waals surface area contributed by atoms with Gasteiger partial charge < -0.3 is 9.84 Å². The predicted molar refractivity (Wildman–Crippen MR) is 77.3 cm³/mol. The predicted octanol–water partition coefficient (Wildman–Crippen LogP) is 1.19. The Kier molecular flexibility index (Phi) is 6.57. The second kappa shape index (κ2) is 8.20. The van der Waals surface area contributed by atoms with Gasteiger partial charge >= 0.3 is 0 Å². The monoisotopic (exact) mass is 270 g/mol. The number of piperazine rings is 1. The maximum Gasteiger partial charge on any atom is 0.0698 e. The Morgan fingerprint density at radius 3 is 2.32 bits per heavy atom. The van der Waals surface area contributed by atoms with Gasteiger partial charge in [0, 0.05) is 38.8 Å². The number of rotatable bonds is 6. The van der Waals surface area contributed by atoms with Crippen molar-refractivity contribution in [2.45, 2.75) is 38.6 Å². The van der Waals surface area contributed by atoms with Crippen molar-refractivity contribution in [3.63, 3.8) is 0 Å². The third kappa shape index (κ3) is 5.03. The maximum absolute atomic E-state index is 8.66. The number of hydrogen-bond acceptors (Lipinski definition) is 4. The molecule has 19 heavy (non-hydrogen) atoms. The van der Waals surface area contributed by atoms with Gasteiger partial charge in [0.05, 0.1) is 19.8 Å². The Bertz CT molecular complexity index is 234. The van der Waals surface area contributed by atoms with Crippen LogP contribution in [-0.2, 0) is 4.74 Å². The van der Waals surface area contributed by atoms with Gasteiger partial charge in [0.1, 0.15) is 0 Å². The molecule has 1 saturated heterocycles. The van der Waals surface area contributed by atoms with E-state index in [1.165, 1.54) is 51.9 Å². The van der Waals surface area contributed by atoms with Crippen molar-refractivity contribution in [2.75, 3.05) is 52.5 Å². The summed E-state index contributed by atoms with van der Waals surface area (Å²) in [6.07, 6.45) is 5.64. The minimum absolute atomic E-state index is 0.133. The molecule has 1 aliphatic carbocycles. The summed E-state index contributed by atoms with van der Waals surface area (Å²) in [4.78, 5) is 5.19. The molecule has 4 nitrogen and oxygen atoms in total. The van der Waals surface area contributed by atoms with E-state index >= 15 is 0 Å². The number of nitrogens with zero attached hydrogens (tertiary/aromatic N) is 2. The standard InChI is InChI=1S/C15H30N2O2/c1-14-2-4-15(5-3-14)17-8-6-16(7-9-17)10-12-19-13-11-18/h14-15,18H,2-13H2,1H3. The van der Waals surface area contributed by atoms with Crippen molar-refractivity contribution in [3.8, 4) is 0 Å². The molecule has 0 spiro atoms. The lowest BCUT2D eigenvalue weighted by Crippen LogP contribution is -2.51. The van der Waals surface area contributed by atoms with Gasteiger partial charge in [-0.2, -0.15) is 0 Å². The van der Waals surface area contributed by atoms with Gasteiger partial charge in [-0.25, -0.2) is 0 Å². The van der Waals surface area contributed by atoms with Gasteiger partial charge in [0.2, 0.25) is 0 Å². The van der Waals surface area contributed by atoms with E-state index in [1.807, 2.05) is 0 Å². The molecule has 1 heterocycles. The smallest absolute Gasteiger partial charge is 0.0698 e. The van der Waals surface area contributed by atoms with Crippen LogP contribution in [0.4, 0.5) is 0 Å². The summed E-state index contributed by atoms with van der Waals surface area (Å²) in [6.45, 7) is 9.55. The summed E-state index contributed by atoms with van der Waals surface area (Å²) in [5.41, 5.74) is 0. The molecule has 1 aliphatic heterocycles. The summed E-state index contributed by atoms with van der Waals surface area (Å²) in [5.74, 6) is 0.946. The highest BCUT2D eigenvalue weighted by molar-refractivity contribution is 4.82. The quantitative estimate of drug-likeness (QED) is 0.736. The van der Waals surface area contributed by atoms with Crippen LogP contribution >= 0.6 is 0 Å². The van der Waals surface area contributed by atoms with E-state index in [0.717, 1.165) is 25.1 Å². The molecule has 0 radical (unpaired) electrons. The lowest BCUT2D eigenvalue weighted by molar-refractivity contribution is 0.0405. The second-order valence-corrected chi connectivity index (χ2v) is 6.13. The molecule has 0 aromatic heterocycles. The fraction of sp³-hybridized carbons (Fsp3) is 1.00. The number of aliphatic hydroxyl groups excluding tert-OH is 1. The van der Waals surface area contributed by atoms with Crippen LogP contribution in [-0.4, -0.2) is 73.5 Å². The first-order valence-corrected chi connectivity index (χ1v) is 7.94. The second-order valence-electron chi connectivity index (χ2n) is 6.13. The summed E-state index contributed by atoms with van der Waals surface area (Å²) in [6, 6.07) is 0.851. The van der Waals surface area contributed by atoms with Crippen molar-refractivity contribution in [3.05, 3.63) is 0 Å². The van der Waals surface area contributed by atoms with Crippen LogP contribution in [0, 0.1) is 5.92 Å². The van der Waals surface area contributed by atoms with Gasteiger partial charge in [-0.1, -0.05) is 6.92 Å². The topological polar surface area (TPSA) is 35.9 Å². The molecule has 112 valence electrons. The lowest BCUT2D eigenvalue weighted by Gasteiger charge is -2.41. The van der Waals surface area contributed by atoms with E-state index in [-0.39, 0.29) is 6.61 Å². The first-order valence-electron chi connectivity index (χ1n) is 7.94. The Hall–Kier alpha value is -0.160. The van der Waals surface area contributed by atoms with Crippen molar-refractivity contribution in [2.24, 2.45) is 5.92 Å². The molecule has 0 aromatic rings. The molecule has 0 bridgehead atoms. The van der Waals surface area contributed by atoms with E-state index in [9.17, 15) is 0 Å². The third-order valence-electron chi connectivity index (χ3n) is 4.70. The molecular weight excluding hydrogens is 240 g/mol. The van der Waals surface area contributed by atoms with Gasteiger partial charge in [0.25, 0.3) is 0 Å².